The van der Waals surface area contributed by atoms with Gasteiger partial charge in [0.15, 0.2) is 0 Å². The Morgan fingerprint density at radius 1 is 1.40 bits per heavy atom. The van der Waals surface area contributed by atoms with E-state index < -0.39 is 11.7 Å². The Balaban J connectivity index is 3.38. The first kappa shape index (κ1) is 12.5. The van der Waals surface area contributed by atoms with E-state index in [1.54, 1.807) is 6.92 Å². The van der Waals surface area contributed by atoms with Crippen LogP contribution in [0.15, 0.2) is 21.6 Å². The van der Waals surface area contributed by atoms with Gasteiger partial charge in [-0.1, -0.05) is 11.6 Å². The molecule has 0 spiro atoms. The molecule has 82 valence electrons. The Kier molecular flexibility index (Phi) is 3.78. The van der Waals surface area contributed by atoms with Crippen molar-refractivity contribution in [2.75, 3.05) is 0 Å². The van der Waals surface area contributed by atoms with E-state index >= 15 is 0 Å². The molecule has 1 aromatic carbocycles. The van der Waals surface area contributed by atoms with Gasteiger partial charge in [0.05, 0.1) is 16.3 Å². The fourth-order valence-electron chi connectivity index (χ4n) is 1.00. The maximum atomic E-state index is 12.5. The van der Waals surface area contributed by atoms with Crippen molar-refractivity contribution in [2.24, 2.45) is 4.99 Å². The standard InChI is InChI=1S/C9H6BrClF3N/c1-2-15-5-3-6(9(12,13)14)8(10)7(11)4-5/h2-4H,1H3. The van der Waals surface area contributed by atoms with Crippen LogP contribution in [0.5, 0.6) is 0 Å². The van der Waals surface area contributed by atoms with Crippen molar-refractivity contribution in [3.05, 3.63) is 27.2 Å². The van der Waals surface area contributed by atoms with Gasteiger partial charge >= 0.3 is 6.18 Å². The van der Waals surface area contributed by atoms with Gasteiger partial charge in [0, 0.05) is 10.7 Å². The average Bonchev–Trinajstić information content (AvgIpc) is 2.09. The number of alkyl halides is 3. The monoisotopic (exact) mass is 299 g/mol. The maximum absolute atomic E-state index is 12.5. The van der Waals surface area contributed by atoms with Crippen LogP contribution in [0, 0.1) is 0 Å². The highest BCUT2D eigenvalue weighted by Gasteiger charge is 2.34. The lowest BCUT2D eigenvalue weighted by Crippen LogP contribution is -2.06. The van der Waals surface area contributed by atoms with E-state index in [1.165, 1.54) is 12.3 Å². The lowest BCUT2D eigenvalue weighted by atomic mass is 10.2. The van der Waals surface area contributed by atoms with E-state index in [2.05, 4.69) is 20.9 Å². The van der Waals surface area contributed by atoms with E-state index in [-0.39, 0.29) is 15.2 Å². The topological polar surface area (TPSA) is 12.4 Å². The van der Waals surface area contributed by atoms with Gasteiger partial charge in [-0.25, -0.2) is 0 Å². The van der Waals surface area contributed by atoms with E-state index in [0.717, 1.165) is 6.07 Å². The highest BCUT2D eigenvalue weighted by molar-refractivity contribution is 9.10. The summed E-state index contributed by atoms with van der Waals surface area (Å²) < 4.78 is 37.4. The quantitative estimate of drug-likeness (QED) is 0.658. The molecular weight excluding hydrogens is 294 g/mol. The van der Waals surface area contributed by atoms with Crippen LogP contribution in [-0.4, -0.2) is 6.21 Å². The normalized spacial score (nSPS) is 12.4. The molecule has 0 heterocycles. The first-order chi connectivity index (χ1) is 6.86. The highest BCUT2D eigenvalue weighted by atomic mass is 79.9. The molecule has 0 unspecified atom stereocenters. The lowest BCUT2D eigenvalue weighted by molar-refractivity contribution is -0.138. The Labute approximate surface area is 98.1 Å². The summed E-state index contributed by atoms with van der Waals surface area (Å²) in [6.45, 7) is 1.61. The van der Waals surface area contributed by atoms with Crippen LogP contribution in [0.25, 0.3) is 0 Å². The summed E-state index contributed by atoms with van der Waals surface area (Å²) in [5.74, 6) is 0. The molecule has 0 aromatic heterocycles. The predicted octanol–water partition coefficient (Wildman–Crippen LogP) is 4.84. The van der Waals surface area contributed by atoms with Crippen molar-refractivity contribution >= 4 is 39.4 Å². The highest BCUT2D eigenvalue weighted by Crippen LogP contribution is 2.40. The molecule has 0 fully saturated rings. The summed E-state index contributed by atoms with van der Waals surface area (Å²) >= 11 is 8.44. The fraction of sp³-hybridized carbons (Fsp3) is 0.222. The molecule has 0 bridgehead atoms. The predicted molar refractivity (Wildman–Crippen MR) is 58.0 cm³/mol. The Morgan fingerprint density at radius 3 is 2.47 bits per heavy atom. The molecule has 15 heavy (non-hydrogen) atoms. The molecule has 0 saturated carbocycles. The zero-order valence-corrected chi connectivity index (χ0v) is 9.91. The van der Waals surface area contributed by atoms with Gasteiger partial charge in [-0.05, 0) is 35.0 Å². The summed E-state index contributed by atoms with van der Waals surface area (Å²) in [7, 11) is 0. The van der Waals surface area contributed by atoms with Crippen molar-refractivity contribution in [2.45, 2.75) is 13.1 Å². The van der Waals surface area contributed by atoms with Crippen molar-refractivity contribution < 1.29 is 13.2 Å². The minimum atomic E-state index is -4.44. The van der Waals surface area contributed by atoms with Gasteiger partial charge in [-0.15, -0.1) is 0 Å². The van der Waals surface area contributed by atoms with Crippen LogP contribution >= 0.6 is 27.5 Å². The zero-order valence-electron chi connectivity index (χ0n) is 7.57. The first-order valence-electron chi connectivity index (χ1n) is 3.91. The molecule has 0 aliphatic heterocycles. The number of rotatable bonds is 1. The third-order valence-corrected chi connectivity index (χ3v) is 2.98. The third-order valence-electron chi connectivity index (χ3n) is 1.60. The van der Waals surface area contributed by atoms with Crippen molar-refractivity contribution in [1.82, 2.24) is 0 Å². The maximum Gasteiger partial charge on any atom is 0.417 e. The van der Waals surface area contributed by atoms with Gasteiger partial charge in [0.2, 0.25) is 0 Å². The Hall–Kier alpha value is -0.550. The molecule has 0 radical (unpaired) electrons. The zero-order chi connectivity index (χ0) is 11.6. The minimum Gasteiger partial charge on any atom is -0.261 e. The van der Waals surface area contributed by atoms with Crippen molar-refractivity contribution in [3.63, 3.8) is 0 Å². The number of nitrogens with zero attached hydrogens (tertiary/aromatic N) is 1. The van der Waals surface area contributed by atoms with Gasteiger partial charge in [0.1, 0.15) is 0 Å². The van der Waals surface area contributed by atoms with E-state index in [4.69, 9.17) is 11.6 Å². The molecule has 0 amide bonds. The van der Waals surface area contributed by atoms with E-state index in [9.17, 15) is 13.2 Å². The van der Waals surface area contributed by atoms with Crippen LogP contribution in [0.3, 0.4) is 0 Å². The number of hydrogen-bond donors (Lipinski definition) is 0. The molecule has 0 aliphatic rings. The molecule has 6 heteroatoms. The molecule has 0 saturated heterocycles. The third kappa shape index (κ3) is 2.95. The Bertz CT molecular complexity index is 401. The van der Waals surface area contributed by atoms with Gasteiger partial charge in [-0.2, -0.15) is 13.2 Å². The van der Waals surface area contributed by atoms with Crippen LogP contribution in [0.4, 0.5) is 18.9 Å². The molecule has 0 N–H and O–H groups in total. The van der Waals surface area contributed by atoms with Gasteiger partial charge < -0.3 is 0 Å². The van der Waals surface area contributed by atoms with Crippen LogP contribution in [0.2, 0.25) is 5.02 Å². The van der Waals surface area contributed by atoms with Gasteiger partial charge in [0.25, 0.3) is 0 Å². The Morgan fingerprint density at radius 2 is 2.00 bits per heavy atom. The molecular formula is C9H6BrClF3N. The summed E-state index contributed by atoms with van der Waals surface area (Å²) in [6, 6.07) is 2.30. The van der Waals surface area contributed by atoms with Crippen LogP contribution in [-0.2, 0) is 6.18 Å². The second kappa shape index (κ2) is 4.53. The molecule has 1 nitrogen and oxygen atoms in total. The summed E-state index contributed by atoms with van der Waals surface area (Å²) in [6.07, 6.45) is -3.04. The summed E-state index contributed by atoms with van der Waals surface area (Å²) in [4.78, 5) is 3.75. The fourth-order valence-corrected chi connectivity index (χ4v) is 1.67. The van der Waals surface area contributed by atoms with Crippen molar-refractivity contribution in [3.8, 4) is 0 Å². The summed E-state index contributed by atoms with van der Waals surface area (Å²) in [5, 5.41) is -0.00887. The molecule has 1 rings (SSSR count). The SMILES string of the molecule is CC=Nc1cc(Cl)c(Br)c(C(F)(F)F)c1. The number of hydrogen-bond acceptors (Lipinski definition) is 1. The lowest BCUT2D eigenvalue weighted by Gasteiger charge is -2.10. The second-order valence-corrected chi connectivity index (χ2v) is 3.87. The number of benzene rings is 1. The minimum absolute atomic E-state index is 0.00887. The first-order valence-corrected chi connectivity index (χ1v) is 5.08. The second-order valence-electron chi connectivity index (χ2n) is 2.67. The average molecular weight is 301 g/mol. The molecule has 1 aromatic rings. The van der Waals surface area contributed by atoms with E-state index in [0.29, 0.717) is 0 Å². The van der Waals surface area contributed by atoms with Crippen LogP contribution in [0.1, 0.15) is 12.5 Å². The molecule has 0 atom stereocenters. The number of aliphatic imine (C=N–C) groups is 1. The smallest absolute Gasteiger partial charge is 0.261 e. The molecule has 0 aliphatic carbocycles. The summed E-state index contributed by atoms with van der Waals surface area (Å²) in [5.41, 5.74) is -0.645. The van der Waals surface area contributed by atoms with Gasteiger partial charge in [-0.3, -0.25) is 4.99 Å². The number of halogens is 5. The largest absolute Gasteiger partial charge is 0.417 e. The van der Waals surface area contributed by atoms with Crippen LogP contribution < -0.4 is 0 Å². The van der Waals surface area contributed by atoms with Crippen molar-refractivity contribution in [1.29, 1.82) is 0 Å². The van der Waals surface area contributed by atoms with E-state index in [1.807, 2.05) is 0 Å².